The number of likely N-dealkylation sites (N-methyl/N-ethyl adjacent to an activating group) is 1. The second-order valence-corrected chi connectivity index (χ2v) is 7.30. The number of halogens is 1. The number of hydrogen-bond donors (Lipinski definition) is 1. The molecule has 30 heavy (non-hydrogen) atoms. The van der Waals surface area contributed by atoms with Gasteiger partial charge in [0.2, 0.25) is 0 Å². The molecule has 0 bridgehead atoms. The Bertz CT molecular complexity index is 905. The monoisotopic (exact) mass is 413 g/mol. The minimum absolute atomic E-state index is 0.242. The molecule has 1 fully saturated rings. The van der Waals surface area contributed by atoms with E-state index < -0.39 is 0 Å². The molecule has 0 saturated carbocycles. The fraction of sp³-hybridized carbons (Fsp3) is 0.375. The van der Waals surface area contributed by atoms with Gasteiger partial charge >= 0.3 is 0 Å². The van der Waals surface area contributed by atoms with Crippen LogP contribution >= 0.6 is 0 Å². The van der Waals surface area contributed by atoms with Crippen molar-refractivity contribution in [2.75, 3.05) is 51.3 Å². The molecule has 3 rings (SSSR count). The van der Waals surface area contributed by atoms with E-state index in [0.717, 1.165) is 38.3 Å². The van der Waals surface area contributed by atoms with Crippen molar-refractivity contribution in [1.29, 1.82) is 0 Å². The Morgan fingerprint density at radius 2 is 1.90 bits per heavy atom. The van der Waals surface area contributed by atoms with Gasteiger partial charge in [-0.05, 0) is 55.8 Å². The molecule has 1 N–H and O–H groups in total. The van der Waals surface area contributed by atoms with Gasteiger partial charge in [0, 0.05) is 5.56 Å². The third-order valence-corrected chi connectivity index (χ3v) is 5.46. The number of ether oxygens (including phenoxy) is 2. The number of ketones is 1. The van der Waals surface area contributed by atoms with Crippen LogP contribution in [0.1, 0.15) is 29.8 Å². The van der Waals surface area contributed by atoms with E-state index in [1.54, 1.807) is 37.5 Å². The van der Waals surface area contributed by atoms with E-state index >= 15 is 0 Å². The Labute approximate surface area is 177 Å². The molecule has 0 spiro atoms. The number of benzene rings is 2. The van der Waals surface area contributed by atoms with Crippen LogP contribution in [0.5, 0.6) is 11.5 Å². The standard InChI is InChI=1S/C24H29FN2O3/c1-4-26-12-14-27(15-13-26)21-9-8-19(17-20(21)25)22(28)10-6-18-7-11-23(30-5-2)24(16-18)29-3/h6-11,16-17H,4-5,12-15H2,1-3H3/p+1/b10-6+. The second kappa shape index (κ2) is 10.3. The number of carbonyl (C=O) groups is 1. The zero-order valence-corrected chi connectivity index (χ0v) is 17.9. The quantitative estimate of drug-likeness (QED) is 0.534. The molecule has 2 aromatic carbocycles. The average Bonchev–Trinajstić information content (AvgIpc) is 2.78. The van der Waals surface area contributed by atoms with Crippen molar-refractivity contribution in [3.8, 4) is 11.5 Å². The number of nitrogens with zero attached hydrogens (tertiary/aromatic N) is 1. The van der Waals surface area contributed by atoms with E-state index in [1.807, 2.05) is 13.0 Å². The summed E-state index contributed by atoms with van der Waals surface area (Å²) in [6.45, 7) is 9.37. The van der Waals surface area contributed by atoms with Crippen LogP contribution in [0.2, 0.25) is 0 Å². The predicted molar refractivity (Wildman–Crippen MR) is 117 cm³/mol. The molecule has 0 amide bonds. The van der Waals surface area contributed by atoms with Crippen LogP contribution in [-0.2, 0) is 0 Å². The van der Waals surface area contributed by atoms with Crippen molar-refractivity contribution in [3.63, 3.8) is 0 Å². The minimum Gasteiger partial charge on any atom is -0.493 e. The summed E-state index contributed by atoms with van der Waals surface area (Å²) in [5, 5.41) is 0. The van der Waals surface area contributed by atoms with E-state index in [4.69, 9.17) is 9.47 Å². The smallest absolute Gasteiger partial charge is 0.185 e. The van der Waals surface area contributed by atoms with Crippen molar-refractivity contribution >= 4 is 17.5 Å². The Morgan fingerprint density at radius 1 is 1.13 bits per heavy atom. The molecular formula is C24H30FN2O3+. The van der Waals surface area contributed by atoms with Crippen LogP contribution in [0.3, 0.4) is 0 Å². The first-order valence-electron chi connectivity index (χ1n) is 10.5. The lowest BCUT2D eigenvalue weighted by Gasteiger charge is -2.33. The summed E-state index contributed by atoms with van der Waals surface area (Å²) < 4.78 is 25.5. The molecular weight excluding hydrogens is 383 g/mol. The summed E-state index contributed by atoms with van der Waals surface area (Å²) in [6.07, 6.45) is 3.14. The lowest BCUT2D eigenvalue weighted by atomic mass is 10.1. The molecule has 6 heteroatoms. The maximum absolute atomic E-state index is 14.7. The van der Waals surface area contributed by atoms with Gasteiger partial charge in [-0.2, -0.15) is 0 Å². The lowest BCUT2D eigenvalue weighted by Crippen LogP contribution is -3.14. The number of hydrogen-bond acceptors (Lipinski definition) is 4. The number of piperazine rings is 1. The SMILES string of the molecule is CCOc1ccc(/C=C/C(=O)c2ccc(N3CC[NH+](CC)CC3)c(F)c2)cc1OC. The Balaban J connectivity index is 1.69. The Kier molecular flexibility index (Phi) is 7.46. The number of nitrogens with one attached hydrogen (secondary N) is 1. The topological polar surface area (TPSA) is 43.2 Å². The molecule has 1 saturated heterocycles. The van der Waals surface area contributed by atoms with Gasteiger partial charge in [-0.3, -0.25) is 4.79 Å². The predicted octanol–water partition coefficient (Wildman–Crippen LogP) is 2.85. The normalized spacial score (nSPS) is 14.9. The van der Waals surface area contributed by atoms with Gasteiger partial charge in [0.15, 0.2) is 17.3 Å². The highest BCUT2D eigenvalue weighted by atomic mass is 19.1. The maximum Gasteiger partial charge on any atom is 0.185 e. The first kappa shape index (κ1) is 21.8. The third kappa shape index (κ3) is 5.19. The van der Waals surface area contributed by atoms with Gasteiger partial charge < -0.3 is 19.3 Å². The minimum atomic E-state index is -0.350. The van der Waals surface area contributed by atoms with Crippen molar-refractivity contribution in [2.24, 2.45) is 0 Å². The van der Waals surface area contributed by atoms with Gasteiger partial charge in [-0.25, -0.2) is 4.39 Å². The third-order valence-electron chi connectivity index (χ3n) is 5.46. The molecule has 5 nitrogen and oxygen atoms in total. The summed E-state index contributed by atoms with van der Waals surface area (Å²) in [5.41, 5.74) is 1.71. The highest BCUT2D eigenvalue weighted by molar-refractivity contribution is 6.07. The number of rotatable bonds is 8. The first-order valence-corrected chi connectivity index (χ1v) is 10.5. The van der Waals surface area contributed by atoms with Crippen LogP contribution in [0.25, 0.3) is 6.08 Å². The summed E-state index contributed by atoms with van der Waals surface area (Å²) in [6, 6.07) is 10.2. The van der Waals surface area contributed by atoms with Gasteiger partial charge in [0.05, 0.1) is 52.1 Å². The summed E-state index contributed by atoms with van der Waals surface area (Å²) >= 11 is 0. The molecule has 0 radical (unpaired) electrons. The van der Waals surface area contributed by atoms with Crippen molar-refractivity contribution < 1.29 is 23.6 Å². The van der Waals surface area contributed by atoms with Gasteiger partial charge in [0.25, 0.3) is 0 Å². The molecule has 0 atom stereocenters. The summed E-state index contributed by atoms with van der Waals surface area (Å²) in [5.74, 6) is 0.667. The van der Waals surface area contributed by atoms with Crippen molar-refractivity contribution in [1.82, 2.24) is 0 Å². The largest absolute Gasteiger partial charge is 0.493 e. The van der Waals surface area contributed by atoms with Crippen LogP contribution in [0, 0.1) is 5.82 Å². The van der Waals surface area contributed by atoms with Crippen LogP contribution in [-0.4, -0.2) is 52.2 Å². The van der Waals surface area contributed by atoms with Gasteiger partial charge in [0.1, 0.15) is 5.82 Å². The average molecular weight is 414 g/mol. The fourth-order valence-electron chi connectivity index (χ4n) is 3.66. The highest BCUT2D eigenvalue weighted by Crippen LogP contribution is 2.28. The molecule has 160 valence electrons. The number of allylic oxidation sites excluding steroid dienone is 1. The number of quaternary nitrogens is 1. The highest BCUT2D eigenvalue weighted by Gasteiger charge is 2.21. The lowest BCUT2D eigenvalue weighted by molar-refractivity contribution is -0.898. The van der Waals surface area contributed by atoms with Crippen molar-refractivity contribution in [3.05, 3.63) is 59.4 Å². The molecule has 1 heterocycles. The Morgan fingerprint density at radius 3 is 2.53 bits per heavy atom. The van der Waals surface area contributed by atoms with Crippen molar-refractivity contribution in [2.45, 2.75) is 13.8 Å². The maximum atomic E-state index is 14.7. The first-order chi connectivity index (χ1) is 14.5. The van der Waals surface area contributed by atoms with Crippen LogP contribution in [0.4, 0.5) is 10.1 Å². The van der Waals surface area contributed by atoms with E-state index in [2.05, 4.69) is 11.8 Å². The zero-order chi connectivity index (χ0) is 21.5. The second-order valence-electron chi connectivity index (χ2n) is 7.30. The van der Waals surface area contributed by atoms with E-state index in [9.17, 15) is 9.18 Å². The number of methoxy groups -OCH3 is 1. The molecule has 0 aromatic heterocycles. The van der Waals surface area contributed by atoms with Crippen LogP contribution < -0.4 is 19.3 Å². The van der Waals surface area contributed by atoms with E-state index in [0.29, 0.717) is 29.4 Å². The number of anilines is 1. The fourth-order valence-corrected chi connectivity index (χ4v) is 3.66. The van der Waals surface area contributed by atoms with E-state index in [1.165, 1.54) is 17.0 Å². The van der Waals surface area contributed by atoms with Gasteiger partial charge in [-0.1, -0.05) is 12.1 Å². The van der Waals surface area contributed by atoms with Crippen LogP contribution in [0.15, 0.2) is 42.5 Å². The van der Waals surface area contributed by atoms with E-state index in [-0.39, 0.29) is 11.6 Å². The Hall–Kier alpha value is -2.86. The molecule has 1 aliphatic rings. The zero-order valence-electron chi connectivity index (χ0n) is 17.9. The number of carbonyl (C=O) groups excluding carboxylic acids is 1. The van der Waals surface area contributed by atoms with Gasteiger partial charge in [-0.15, -0.1) is 0 Å². The summed E-state index contributed by atoms with van der Waals surface area (Å²) in [4.78, 5) is 16.1. The molecule has 1 aliphatic heterocycles. The molecule has 2 aromatic rings. The summed E-state index contributed by atoms with van der Waals surface area (Å²) in [7, 11) is 1.57. The molecule has 0 unspecified atom stereocenters. The molecule has 0 aliphatic carbocycles.